The monoisotopic (exact) mass is 389 g/mol. The Morgan fingerprint density at radius 1 is 1.17 bits per heavy atom. The molecular formula is C23H23N3O3. The quantitative estimate of drug-likeness (QED) is 0.449. The van der Waals surface area contributed by atoms with Crippen LogP contribution in [-0.4, -0.2) is 49.5 Å². The summed E-state index contributed by atoms with van der Waals surface area (Å²) in [6.45, 7) is 5.29. The second-order valence-electron chi connectivity index (χ2n) is 6.93. The summed E-state index contributed by atoms with van der Waals surface area (Å²) in [6, 6.07) is 17.5. The SMILES string of the molecule is N#C/C(=C\c1cccc(OCCCN2CCOCC2)c1)c1noc2ccccc12. The lowest BCUT2D eigenvalue weighted by atomic mass is 10.1. The second-order valence-corrected chi connectivity index (χ2v) is 6.93. The first-order valence-electron chi connectivity index (χ1n) is 9.83. The molecule has 3 aromatic rings. The Kier molecular flexibility index (Phi) is 6.20. The van der Waals surface area contributed by atoms with E-state index in [4.69, 9.17) is 14.0 Å². The summed E-state index contributed by atoms with van der Waals surface area (Å²) in [7, 11) is 0. The van der Waals surface area contributed by atoms with Crippen molar-refractivity contribution >= 4 is 22.6 Å². The van der Waals surface area contributed by atoms with E-state index in [2.05, 4.69) is 16.1 Å². The molecule has 1 aliphatic rings. The minimum atomic E-state index is 0.458. The van der Waals surface area contributed by atoms with Gasteiger partial charge in [-0.1, -0.05) is 29.4 Å². The number of benzene rings is 2. The zero-order valence-electron chi connectivity index (χ0n) is 16.2. The van der Waals surface area contributed by atoms with Crippen molar-refractivity contribution in [3.63, 3.8) is 0 Å². The third-order valence-corrected chi connectivity index (χ3v) is 4.91. The third kappa shape index (κ3) is 4.83. The Balaban J connectivity index is 1.41. The second kappa shape index (κ2) is 9.37. The van der Waals surface area contributed by atoms with E-state index in [0.29, 0.717) is 23.5 Å². The number of para-hydroxylation sites is 1. The summed E-state index contributed by atoms with van der Waals surface area (Å²) in [5, 5.41) is 14.5. The Morgan fingerprint density at radius 3 is 2.90 bits per heavy atom. The molecule has 6 nitrogen and oxygen atoms in total. The number of allylic oxidation sites excluding steroid dienone is 1. The van der Waals surface area contributed by atoms with Crippen LogP contribution in [-0.2, 0) is 4.74 Å². The van der Waals surface area contributed by atoms with Crippen LogP contribution in [0.4, 0.5) is 0 Å². The van der Waals surface area contributed by atoms with Gasteiger partial charge in [0, 0.05) is 19.6 Å². The molecule has 1 aromatic heterocycles. The van der Waals surface area contributed by atoms with Crippen molar-refractivity contribution < 1.29 is 14.0 Å². The van der Waals surface area contributed by atoms with Crippen LogP contribution < -0.4 is 4.74 Å². The van der Waals surface area contributed by atoms with Crippen molar-refractivity contribution in [3.05, 3.63) is 59.8 Å². The number of aromatic nitrogens is 1. The zero-order chi connectivity index (χ0) is 19.9. The predicted octanol–water partition coefficient (Wildman–Crippen LogP) is 3.99. The molecule has 0 aliphatic carbocycles. The standard InChI is InChI=1S/C23H23N3O3/c24-17-19(23-21-7-1-2-8-22(21)29-25-23)15-18-5-3-6-20(16-18)28-12-4-9-26-10-13-27-14-11-26/h1-3,5-8,15-16H,4,9-14H2/b19-15+. The van der Waals surface area contributed by atoms with Gasteiger partial charge in [0.2, 0.25) is 0 Å². The molecule has 4 rings (SSSR count). The molecule has 0 N–H and O–H groups in total. The van der Waals surface area contributed by atoms with Gasteiger partial charge in [-0.3, -0.25) is 4.90 Å². The minimum absolute atomic E-state index is 0.458. The Hall–Kier alpha value is -3.14. The summed E-state index contributed by atoms with van der Waals surface area (Å²) in [6.07, 6.45) is 2.78. The number of nitriles is 1. The molecule has 2 heterocycles. The molecule has 1 fully saturated rings. The van der Waals surface area contributed by atoms with Gasteiger partial charge >= 0.3 is 0 Å². The summed E-state index contributed by atoms with van der Waals surface area (Å²) in [5.41, 5.74) is 2.57. The van der Waals surface area contributed by atoms with Gasteiger partial charge in [0.1, 0.15) is 17.5 Å². The van der Waals surface area contributed by atoms with Crippen molar-refractivity contribution in [2.75, 3.05) is 39.5 Å². The van der Waals surface area contributed by atoms with Gasteiger partial charge < -0.3 is 14.0 Å². The van der Waals surface area contributed by atoms with E-state index in [9.17, 15) is 5.26 Å². The highest BCUT2D eigenvalue weighted by atomic mass is 16.5. The number of hydrogen-bond acceptors (Lipinski definition) is 6. The predicted molar refractivity (Wildman–Crippen MR) is 111 cm³/mol. The van der Waals surface area contributed by atoms with Crippen molar-refractivity contribution in [2.45, 2.75) is 6.42 Å². The Bertz CT molecular complexity index is 1030. The highest BCUT2D eigenvalue weighted by Crippen LogP contribution is 2.26. The van der Waals surface area contributed by atoms with Crippen LogP contribution in [0.1, 0.15) is 17.7 Å². The molecule has 0 amide bonds. The van der Waals surface area contributed by atoms with E-state index >= 15 is 0 Å². The molecule has 29 heavy (non-hydrogen) atoms. The molecule has 1 aliphatic heterocycles. The van der Waals surface area contributed by atoms with Crippen LogP contribution in [0, 0.1) is 11.3 Å². The average Bonchev–Trinajstić information content (AvgIpc) is 3.20. The van der Waals surface area contributed by atoms with Gasteiger partial charge in [-0.15, -0.1) is 0 Å². The lowest BCUT2D eigenvalue weighted by molar-refractivity contribution is 0.0358. The van der Waals surface area contributed by atoms with Crippen LogP contribution >= 0.6 is 0 Å². The topological polar surface area (TPSA) is 71.5 Å². The maximum absolute atomic E-state index is 9.64. The van der Waals surface area contributed by atoms with E-state index < -0.39 is 0 Å². The van der Waals surface area contributed by atoms with Crippen molar-refractivity contribution in [3.8, 4) is 11.8 Å². The molecule has 2 aromatic carbocycles. The molecule has 0 bridgehead atoms. The van der Waals surface area contributed by atoms with E-state index in [1.807, 2.05) is 54.6 Å². The van der Waals surface area contributed by atoms with Crippen LogP contribution in [0.25, 0.3) is 22.6 Å². The number of rotatable bonds is 7. The number of fused-ring (bicyclic) bond motifs is 1. The minimum Gasteiger partial charge on any atom is -0.494 e. The molecule has 0 spiro atoms. The fraction of sp³-hybridized carbons (Fsp3) is 0.304. The van der Waals surface area contributed by atoms with E-state index in [-0.39, 0.29) is 0 Å². The van der Waals surface area contributed by atoms with E-state index in [1.165, 1.54) is 0 Å². The summed E-state index contributed by atoms with van der Waals surface area (Å²) in [4.78, 5) is 2.40. The van der Waals surface area contributed by atoms with Gasteiger partial charge in [0.15, 0.2) is 5.58 Å². The molecule has 148 valence electrons. The molecule has 0 saturated carbocycles. The number of morpholine rings is 1. The van der Waals surface area contributed by atoms with E-state index in [0.717, 1.165) is 56.0 Å². The van der Waals surface area contributed by atoms with Crippen LogP contribution in [0.15, 0.2) is 53.1 Å². The summed E-state index contributed by atoms with van der Waals surface area (Å²) >= 11 is 0. The van der Waals surface area contributed by atoms with Crippen LogP contribution in [0.2, 0.25) is 0 Å². The number of ether oxygens (including phenoxy) is 2. The van der Waals surface area contributed by atoms with Gasteiger partial charge in [-0.25, -0.2) is 0 Å². The van der Waals surface area contributed by atoms with E-state index in [1.54, 1.807) is 0 Å². The molecule has 1 saturated heterocycles. The Morgan fingerprint density at radius 2 is 2.03 bits per heavy atom. The van der Waals surface area contributed by atoms with Gasteiger partial charge in [-0.2, -0.15) is 5.26 Å². The summed E-state index contributed by atoms with van der Waals surface area (Å²) < 4.78 is 16.6. The number of nitrogens with zero attached hydrogens (tertiary/aromatic N) is 3. The Labute approximate surface area is 169 Å². The fourth-order valence-electron chi connectivity index (χ4n) is 3.40. The molecule has 6 heteroatoms. The fourth-order valence-corrected chi connectivity index (χ4v) is 3.40. The average molecular weight is 389 g/mol. The third-order valence-electron chi connectivity index (χ3n) is 4.91. The maximum atomic E-state index is 9.64. The first-order chi connectivity index (χ1) is 14.3. The normalized spacial score (nSPS) is 15.3. The lowest BCUT2D eigenvalue weighted by Gasteiger charge is -2.26. The highest BCUT2D eigenvalue weighted by Gasteiger charge is 2.12. The van der Waals surface area contributed by atoms with Crippen molar-refractivity contribution in [2.24, 2.45) is 0 Å². The van der Waals surface area contributed by atoms with Crippen LogP contribution in [0.5, 0.6) is 5.75 Å². The molecule has 0 atom stereocenters. The first kappa shape index (κ1) is 19.2. The number of hydrogen-bond donors (Lipinski definition) is 0. The van der Waals surface area contributed by atoms with Gasteiger partial charge in [0.25, 0.3) is 0 Å². The largest absolute Gasteiger partial charge is 0.494 e. The van der Waals surface area contributed by atoms with Gasteiger partial charge in [0.05, 0.1) is 30.8 Å². The maximum Gasteiger partial charge on any atom is 0.167 e. The zero-order valence-corrected chi connectivity index (χ0v) is 16.2. The molecule has 0 unspecified atom stereocenters. The van der Waals surface area contributed by atoms with Crippen LogP contribution in [0.3, 0.4) is 0 Å². The van der Waals surface area contributed by atoms with Gasteiger partial charge in [-0.05, 0) is 42.3 Å². The lowest BCUT2D eigenvalue weighted by Crippen LogP contribution is -2.37. The smallest absolute Gasteiger partial charge is 0.167 e. The highest BCUT2D eigenvalue weighted by molar-refractivity contribution is 5.98. The summed E-state index contributed by atoms with van der Waals surface area (Å²) in [5.74, 6) is 0.794. The molecular weight excluding hydrogens is 366 g/mol. The van der Waals surface area contributed by atoms with Crippen molar-refractivity contribution in [1.82, 2.24) is 10.1 Å². The van der Waals surface area contributed by atoms with Crippen molar-refractivity contribution in [1.29, 1.82) is 5.26 Å². The molecule has 0 radical (unpaired) electrons. The first-order valence-corrected chi connectivity index (χ1v) is 9.83.